The van der Waals surface area contributed by atoms with Gasteiger partial charge < -0.3 is 0 Å². The molecule has 0 heterocycles. The summed E-state index contributed by atoms with van der Waals surface area (Å²) in [6.45, 7) is 0. The fraction of sp³-hybridized carbons (Fsp3) is 0.125. The summed E-state index contributed by atoms with van der Waals surface area (Å²) in [4.78, 5) is 11.2. The van der Waals surface area contributed by atoms with E-state index in [1.807, 2.05) is 0 Å². The predicted octanol–water partition coefficient (Wildman–Crippen LogP) is 3.68. The van der Waals surface area contributed by atoms with E-state index in [-0.39, 0.29) is 5.78 Å². The minimum Gasteiger partial charge on any atom is -0.293 e. The molecular formula is C8H5Br2ClO. The van der Waals surface area contributed by atoms with Crippen molar-refractivity contribution in [1.82, 2.24) is 0 Å². The highest BCUT2D eigenvalue weighted by molar-refractivity contribution is 9.10. The molecule has 0 aromatic heterocycles. The topological polar surface area (TPSA) is 17.1 Å². The largest absolute Gasteiger partial charge is 0.293 e. The molecule has 0 N–H and O–H groups in total. The van der Waals surface area contributed by atoms with E-state index in [9.17, 15) is 4.79 Å². The molecule has 1 aromatic carbocycles. The van der Waals surface area contributed by atoms with E-state index < -0.39 is 0 Å². The predicted molar refractivity (Wildman–Crippen MR) is 57.3 cm³/mol. The number of rotatable bonds is 2. The fourth-order valence-electron chi connectivity index (χ4n) is 0.792. The van der Waals surface area contributed by atoms with Crippen molar-refractivity contribution in [2.45, 2.75) is 0 Å². The highest BCUT2D eigenvalue weighted by Crippen LogP contribution is 2.20. The first-order chi connectivity index (χ1) is 5.63. The Morgan fingerprint density at radius 3 is 2.58 bits per heavy atom. The number of hydrogen-bond acceptors (Lipinski definition) is 1. The van der Waals surface area contributed by atoms with Crippen LogP contribution in [-0.2, 0) is 0 Å². The maximum Gasteiger partial charge on any atom is 0.173 e. The van der Waals surface area contributed by atoms with Crippen molar-refractivity contribution < 1.29 is 4.79 Å². The number of carbonyl (C=O) groups excluding carboxylic acids is 1. The van der Waals surface area contributed by atoms with Gasteiger partial charge in [-0.3, -0.25) is 4.79 Å². The number of ketones is 1. The minimum absolute atomic E-state index is 0.0261. The van der Waals surface area contributed by atoms with Gasteiger partial charge in [0.1, 0.15) is 0 Å². The SMILES string of the molecule is O=C(CBr)c1cc(Cl)cc(Br)c1. The highest BCUT2D eigenvalue weighted by Gasteiger charge is 2.05. The lowest BCUT2D eigenvalue weighted by atomic mass is 10.1. The number of Topliss-reactive ketones (excluding diaryl/α,β-unsaturated/α-hetero) is 1. The maximum absolute atomic E-state index is 11.2. The molecule has 1 rings (SSSR count). The van der Waals surface area contributed by atoms with Crippen LogP contribution in [0.4, 0.5) is 0 Å². The summed E-state index contributed by atoms with van der Waals surface area (Å²) in [5, 5.41) is 0.883. The number of hydrogen-bond donors (Lipinski definition) is 0. The van der Waals surface area contributed by atoms with E-state index in [4.69, 9.17) is 11.6 Å². The van der Waals surface area contributed by atoms with Gasteiger partial charge in [-0.1, -0.05) is 43.5 Å². The van der Waals surface area contributed by atoms with Gasteiger partial charge >= 0.3 is 0 Å². The van der Waals surface area contributed by atoms with Crippen LogP contribution in [0.3, 0.4) is 0 Å². The van der Waals surface area contributed by atoms with Crippen molar-refractivity contribution >= 4 is 49.2 Å². The summed E-state index contributed by atoms with van der Waals surface area (Å²) < 4.78 is 0.819. The zero-order valence-corrected chi connectivity index (χ0v) is 9.91. The molecule has 0 aliphatic rings. The second kappa shape index (κ2) is 4.40. The van der Waals surface area contributed by atoms with Crippen LogP contribution >= 0.6 is 43.5 Å². The average molecular weight is 312 g/mol. The zero-order chi connectivity index (χ0) is 9.14. The molecule has 0 bridgehead atoms. The van der Waals surface area contributed by atoms with E-state index >= 15 is 0 Å². The Morgan fingerprint density at radius 2 is 2.08 bits per heavy atom. The molecule has 1 nitrogen and oxygen atoms in total. The van der Waals surface area contributed by atoms with Crippen LogP contribution in [0.25, 0.3) is 0 Å². The van der Waals surface area contributed by atoms with Crippen molar-refractivity contribution in [3.8, 4) is 0 Å². The quantitative estimate of drug-likeness (QED) is 0.601. The minimum atomic E-state index is 0.0261. The van der Waals surface area contributed by atoms with Crippen molar-refractivity contribution in [3.63, 3.8) is 0 Å². The molecule has 4 heteroatoms. The molecule has 0 unspecified atom stereocenters. The molecule has 0 spiro atoms. The van der Waals surface area contributed by atoms with Gasteiger partial charge in [0, 0.05) is 15.1 Å². The molecule has 0 saturated carbocycles. The van der Waals surface area contributed by atoms with Gasteiger partial charge in [0.15, 0.2) is 5.78 Å². The van der Waals surface area contributed by atoms with Crippen LogP contribution in [0, 0.1) is 0 Å². The number of benzene rings is 1. The Kier molecular flexibility index (Phi) is 3.75. The molecule has 12 heavy (non-hydrogen) atoms. The summed E-state index contributed by atoms with van der Waals surface area (Å²) in [6.07, 6.45) is 0. The van der Waals surface area contributed by atoms with E-state index in [2.05, 4.69) is 31.9 Å². The van der Waals surface area contributed by atoms with E-state index in [1.54, 1.807) is 18.2 Å². The molecule has 0 aliphatic carbocycles. The van der Waals surface area contributed by atoms with Crippen LogP contribution < -0.4 is 0 Å². The van der Waals surface area contributed by atoms with Crippen LogP contribution in [0.2, 0.25) is 5.02 Å². The van der Waals surface area contributed by atoms with Gasteiger partial charge in [-0.2, -0.15) is 0 Å². The summed E-state index contributed by atoms with van der Waals surface area (Å²) in [5.74, 6) is 0.0261. The molecule has 0 fully saturated rings. The van der Waals surface area contributed by atoms with Crippen LogP contribution in [0.15, 0.2) is 22.7 Å². The van der Waals surface area contributed by atoms with E-state index in [0.717, 1.165) is 4.47 Å². The molecule has 0 saturated heterocycles. The van der Waals surface area contributed by atoms with Gasteiger partial charge in [-0.05, 0) is 18.2 Å². The second-order valence-electron chi connectivity index (χ2n) is 2.21. The Hall–Kier alpha value is 0.140. The lowest BCUT2D eigenvalue weighted by molar-refractivity contribution is 0.102. The fourth-order valence-corrected chi connectivity index (χ4v) is 1.98. The third kappa shape index (κ3) is 2.57. The lowest BCUT2D eigenvalue weighted by Gasteiger charge is -1.98. The smallest absolute Gasteiger partial charge is 0.173 e. The van der Waals surface area contributed by atoms with Crippen molar-refractivity contribution in [1.29, 1.82) is 0 Å². The lowest BCUT2D eigenvalue weighted by Crippen LogP contribution is -1.99. The third-order valence-corrected chi connectivity index (χ3v) is 2.49. The second-order valence-corrected chi connectivity index (χ2v) is 4.13. The Morgan fingerprint density at radius 1 is 1.42 bits per heavy atom. The first-order valence-corrected chi connectivity index (χ1v) is 5.48. The summed E-state index contributed by atoms with van der Waals surface area (Å²) in [7, 11) is 0. The van der Waals surface area contributed by atoms with Crippen molar-refractivity contribution in [2.75, 3.05) is 5.33 Å². The third-order valence-electron chi connectivity index (χ3n) is 1.31. The summed E-state index contributed by atoms with van der Waals surface area (Å²) in [5.41, 5.74) is 0.617. The van der Waals surface area contributed by atoms with Gasteiger partial charge in [-0.25, -0.2) is 0 Å². The van der Waals surface area contributed by atoms with Gasteiger partial charge in [0.25, 0.3) is 0 Å². The number of carbonyl (C=O) groups is 1. The monoisotopic (exact) mass is 310 g/mol. The zero-order valence-electron chi connectivity index (χ0n) is 5.98. The first kappa shape index (κ1) is 10.2. The van der Waals surface area contributed by atoms with E-state index in [0.29, 0.717) is 15.9 Å². The molecule has 0 aliphatic heterocycles. The molecule has 64 valence electrons. The molecule has 0 atom stereocenters. The first-order valence-electron chi connectivity index (χ1n) is 3.18. The van der Waals surface area contributed by atoms with Crippen molar-refractivity contribution in [2.24, 2.45) is 0 Å². The maximum atomic E-state index is 11.2. The normalized spacial score (nSPS) is 9.92. The van der Waals surface area contributed by atoms with Crippen LogP contribution in [-0.4, -0.2) is 11.1 Å². The summed E-state index contributed by atoms with van der Waals surface area (Å²) in [6, 6.07) is 5.14. The standard InChI is InChI=1S/C8H5Br2ClO/c9-4-8(12)5-1-6(10)3-7(11)2-5/h1-3H,4H2. The summed E-state index contributed by atoms with van der Waals surface area (Å²) >= 11 is 12.1. The Balaban J connectivity index is 3.08. The van der Waals surface area contributed by atoms with Gasteiger partial charge in [0.05, 0.1) is 5.33 Å². The average Bonchev–Trinajstić information content (AvgIpc) is 2.01. The number of halogens is 3. The molecule has 1 aromatic rings. The Labute approximate surface area is 92.4 Å². The van der Waals surface area contributed by atoms with Crippen molar-refractivity contribution in [3.05, 3.63) is 33.3 Å². The molecular weight excluding hydrogens is 307 g/mol. The van der Waals surface area contributed by atoms with Crippen LogP contribution in [0.1, 0.15) is 10.4 Å². The highest BCUT2D eigenvalue weighted by atomic mass is 79.9. The van der Waals surface area contributed by atoms with Gasteiger partial charge in [-0.15, -0.1) is 0 Å². The number of alkyl halides is 1. The molecule has 0 amide bonds. The molecule has 0 radical (unpaired) electrons. The van der Waals surface area contributed by atoms with Crippen LogP contribution in [0.5, 0.6) is 0 Å². The Bertz CT molecular complexity index is 292. The van der Waals surface area contributed by atoms with Gasteiger partial charge in [0.2, 0.25) is 0 Å². The van der Waals surface area contributed by atoms with E-state index in [1.165, 1.54) is 0 Å².